The van der Waals surface area contributed by atoms with Crippen molar-refractivity contribution in [2.75, 3.05) is 26.2 Å². The van der Waals surface area contributed by atoms with E-state index in [1.807, 2.05) is 0 Å². The zero-order valence-electron chi connectivity index (χ0n) is 13.5. The van der Waals surface area contributed by atoms with Crippen LogP contribution in [0.2, 0.25) is 0 Å². The van der Waals surface area contributed by atoms with Crippen molar-refractivity contribution in [3.63, 3.8) is 0 Å². The molecule has 5 nitrogen and oxygen atoms in total. The van der Waals surface area contributed by atoms with E-state index in [1.54, 1.807) is 4.31 Å². The van der Waals surface area contributed by atoms with E-state index in [4.69, 9.17) is 0 Å². The second kappa shape index (κ2) is 7.90. The molecule has 2 N–H and O–H groups in total. The summed E-state index contributed by atoms with van der Waals surface area (Å²) in [5, 5.41) is 3.44. The Labute approximate surface area is 130 Å². The van der Waals surface area contributed by atoms with Crippen LogP contribution in [-0.4, -0.2) is 44.9 Å². The zero-order valence-corrected chi connectivity index (χ0v) is 14.3. The normalized spacial score (nSPS) is 22.6. The Bertz CT molecular complexity index is 399. The van der Waals surface area contributed by atoms with Gasteiger partial charge in [0, 0.05) is 25.7 Å². The molecule has 0 unspecified atom stereocenters. The van der Waals surface area contributed by atoms with Crippen LogP contribution in [0.3, 0.4) is 0 Å². The van der Waals surface area contributed by atoms with Crippen LogP contribution in [-0.2, 0) is 10.2 Å². The van der Waals surface area contributed by atoms with Crippen molar-refractivity contribution in [3.8, 4) is 0 Å². The number of piperidine rings is 1. The first-order chi connectivity index (χ1) is 9.97. The third-order valence-corrected chi connectivity index (χ3v) is 6.40. The maximum absolute atomic E-state index is 12.2. The van der Waals surface area contributed by atoms with E-state index in [2.05, 4.69) is 23.9 Å². The third-order valence-electron chi connectivity index (χ3n) is 4.79. The predicted octanol–water partition coefficient (Wildman–Crippen LogP) is 1.72. The number of hydrogen-bond donors (Lipinski definition) is 2. The Morgan fingerprint density at radius 2 is 1.76 bits per heavy atom. The molecule has 124 valence electrons. The van der Waals surface area contributed by atoms with Crippen LogP contribution >= 0.6 is 0 Å². The standard InChI is InChI=1S/C15H31N3O2S/c1-13(2)16-12-15-7-10-18(11-8-15)21(19,20)17-9-6-14-4-3-5-14/h13-17H,3-12H2,1-2H3. The highest BCUT2D eigenvalue weighted by atomic mass is 32.2. The summed E-state index contributed by atoms with van der Waals surface area (Å²) >= 11 is 0. The SMILES string of the molecule is CC(C)NCC1CCN(S(=O)(=O)NCCC2CCC2)CC1. The molecule has 0 amide bonds. The van der Waals surface area contributed by atoms with Crippen molar-refractivity contribution in [2.45, 2.75) is 58.4 Å². The van der Waals surface area contributed by atoms with Gasteiger partial charge in [0.05, 0.1) is 0 Å². The van der Waals surface area contributed by atoms with Crippen LogP contribution in [0.15, 0.2) is 0 Å². The average Bonchev–Trinajstić information content (AvgIpc) is 2.40. The monoisotopic (exact) mass is 317 g/mol. The molecule has 0 atom stereocenters. The van der Waals surface area contributed by atoms with Crippen LogP contribution in [0, 0.1) is 11.8 Å². The van der Waals surface area contributed by atoms with Gasteiger partial charge in [0.15, 0.2) is 0 Å². The first kappa shape index (κ1) is 17.2. The molecule has 2 aliphatic rings. The average molecular weight is 317 g/mol. The lowest BCUT2D eigenvalue weighted by Gasteiger charge is -2.32. The Kier molecular flexibility index (Phi) is 6.47. The van der Waals surface area contributed by atoms with E-state index in [9.17, 15) is 8.42 Å². The predicted molar refractivity (Wildman–Crippen MR) is 86.3 cm³/mol. The highest BCUT2D eigenvalue weighted by molar-refractivity contribution is 7.87. The molecular formula is C15H31N3O2S. The number of nitrogens with one attached hydrogen (secondary N) is 2. The summed E-state index contributed by atoms with van der Waals surface area (Å²) in [7, 11) is -3.25. The molecule has 1 heterocycles. The summed E-state index contributed by atoms with van der Waals surface area (Å²) in [4.78, 5) is 0. The van der Waals surface area contributed by atoms with Gasteiger partial charge < -0.3 is 5.32 Å². The molecule has 0 spiro atoms. The van der Waals surface area contributed by atoms with Gasteiger partial charge in [-0.15, -0.1) is 0 Å². The van der Waals surface area contributed by atoms with Crippen molar-refractivity contribution in [3.05, 3.63) is 0 Å². The summed E-state index contributed by atoms with van der Waals surface area (Å²) < 4.78 is 28.9. The number of nitrogens with zero attached hydrogens (tertiary/aromatic N) is 1. The number of hydrogen-bond acceptors (Lipinski definition) is 3. The van der Waals surface area contributed by atoms with Gasteiger partial charge in [0.1, 0.15) is 0 Å². The first-order valence-electron chi connectivity index (χ1n) is 8.45. The molecule has 6 heteroatoms. The molecule has 0 aromatic rings. The van der Waals surface area contributed by atoms with E-state index < -0.39 is 10.2 Å². The molecule has 1 aliphatic heterocycles. The van der Waals surface area contributed by atoms with Gasteiger partial charge in [-0.1, -0.05) is 33.1 Å². The molecule has 21 heavy (non-hydrogen) atoms. The van der Waals surface area contributed by atoms with Gasteiger partial charge in [-0.25, -0.2) is 4.72 Å². The summed E-state index contributed by atoms with van der Waals surface area (Å²) in [6, 6.07) is 0.500. The first-order valence-corrected chi connectivity index (χ1v) is 9.89. The second-order valence-electron chi connectivity index (χ2n) is 6.89. The quantitative estimate of drug-likeness (QED) is 0.716. The van der Waals surface area contributed by atoms with E-state index in [1.165, 1.54) is 19.3 Å². The summed E-state index contributed by atoms with van der Waals surface area (Å²) in [5.74, 6) is 1.36. The van der Waals surface area contributed by atoms with Crippen LogP contribution in [0.4, 0.5) is 0 Å². The van der Waals surface area contributed by atoms with Crippen molar-refractivity contribution < 1.29 is 8.42 Å². The van der Waals surface area contributed by atoms with Crippen molar-refractivity contribution in [1.82, 2.24) is 14.3 Å². The molecule has 1 saturated carbocycles. The van der Waals surface area contributed by atoms with E-state index in [0.717, 1.165) is 31.7 Å². The number of rotatable bonds is 8. The van der Waals surface area contributed by atoms with Crippen LogP contribution < -0.4 is 10.0 Å². The lowest BCUT2D eigenvalue weighted by molar-refractivity contribution is 0.259. The van der Waals surface area contributed by atoms with Crippen molar-refractivity contribution in [2.24, 2.45) is 11.8 Å². The fraction of sp³-hybridized carbons (Fsp3) is 1.00. The highest BCUT2D eigenvalue weighted by Crippen LogP contribution is 2.28. The molecule has 1 saturated heterocycles. The molecule has 0 aromatic heterocycles. The Morgan fingerprint density at radius 3 is 2.29 bits per heavy atom. The molecule has 2 fully saturated rings. The molecule has 1 aliphatic carbocycles. The third kappa shape index (κ3) is 5.51. The Hall–Kier alpha value is -0.170. The van der Waals surface area contributed by atoms with Gasteiger partial charge in [-0.05, 0) is 37.6 Å². The lowest BCUT2D eigenvalue weighted by atomic mass is 9.83. The molecule has 2 rings (SSSR count). The largest absolute Gasteiger partial charge is 0.314 e. The van der Waals surface area contributed by atoms with Gasteiger partial charge in [-0.3, -0.25) is 0 Å². The maximum atomic E-state index is 12.2. The van der Waals surface area contributed by atoms with E-state index >= 15 is 0 Å². The smallest absolute Gasteiger partial charge is 0.279 e. The van der Waals surface area contributed by atoms with Crippen LogP contribution in [0.1, 0.15) is 52.4 Å². The van der Waals surface area contributed by atoms with Crippen LogP contribution in [0.5, 0.6) is 0 Å². The zero-order chi connectivity index (χ0) is 15.3. The van der Waals surface area contributed by atoms with Gasteiger partial charge in [-0.2, -0.15) is 12.7 Å². The second-order valence-corrected chi connectivity index (χ2v) is 8.65. The summed E-state index contributed by atoms with van der Waals surface area (Å²) in [6.07, 6.45) is 6.78. The Balaban J connectivity index is 1.67. The van der Waals surface area contributed by atoms with E-state index in [-0.39, 0.29) is 0 Å². The molecule has 0 radical (unpaired) electrons. The summed E-state index contributed by atoms with van der Waals surface area (Å²) in [6.45, 7) is 7.20. The molecule has 0 bridgehead atoms. The minimum atomic E-state index is -3.25. The van der Waals surface area contributed by atoms with Crippen molar-refractivity contribution in [1.29, 1.82) is 0 Å². The van der Waals surface area contributed by atoms with Gasteiger partial charge >= 0.3 is 0 Å². The van der Waals surface area contributed by atoms with Gasteiger partial charge in [0.2, 0.25) is 0 Å². The van der Waals surface area contributed by atoms with Crippen molar-refractivity contribution >= 4 is 10.2 Å². The van der Waals surface area contributed by atoms with E-state index in [0.29, 0.717) is 31.6 Å². The van der Waals surface area contributed by atoms with Crippen LogP contribution in [0.25, 0.3) is 0 Å². The molecule has 0 aromatic carbocycles. The Morgan fingerprint density at radius 1 is 1.10 bits per heavy atom. The topological polar surface area (TPSA) is 61.4 Å². The molecular weight excluding hydrogens is 286 g/mol. The fourth-order valence-corrected chi connectivity index (χ4v) is 4.27. The highest BCUT2D eigenvalue weighted by Gasteiger charge is 2.28. The fourth-order valence-electron chi connectivity index (χ4n) is 3.02. The minimum absolute atomic E-state index is 0.500. The maximum Gasteiger partial charge on any atom is 0.279 e. The van der Waals surface area contributed by atoms with Gasteiger partial charge in [0.25, 0.3) is 10.2 Å². The summed E-state index contributed by atoms with van der Waals surface area (Å²) in [5.41, 5.74) is 0. The lowest BCUT2D eigenvalue weighted by Crippen LogP contribution is -2.46. The minimum Gasteiger partial charge on any atom is -0.314 e.